The van der Waals surface area contributed by atoms with Crippen molar-refractivity contribution in [2.75, 3.05) is 10.2 Å². The number of hydrogen-bond acceptors (Lipinski definition) is 5. The van der Waals surface area contributed by atoms with Gasteiger partial charge >= 0.3 is 5.97 Å². The lowest BCUT2D eigenvalue weighted by atomic mass is 10.1. The monoisotopic (exact) mass is 514 g/mol. The van der Waals surface area contributed by atoms with Crippen molar-refractivity contribution in [1.29, 1.82) is 0 Å². The Kier molecular flexibility index (Phi) is 6.66. The van der Waals surface area contributed by atoms with Crippen LogP contribution < -0.4 is 15.0 Å². The number of amides is 2. The van der Waals surface area contributed by atoms with E-state index < -0.39 is 17.8 Å². The quantitative estimate of drug-likeness (QED) is 0.246. The minimum atomic E-state index is -0.716. The van der Waals surface area contributed by atoms with Crippen LogP contribution in [0, 0.1) is 13.8 Å². The maximum atomic E-state index is 12.9. The van der Waals surface area contributed by atoms with Gasteiger partial charge in [0.25, 0.3) is 11.8 Å². The Morgan fingerprint density at radius 2 is 1.53 bits per heavy atom. The van der Waals surface area contributed by atoms with E-state index >= 15 is 0 Å². The van der Waals surface area contributed by atoms with Crippen molar-refractivity contribution >= 4 is 64.0 Å². The Labute approximate surface area is 210 Å². The Morgan fingerprint density at radius 1 is 0.882 bits per heavy atom. The number of halogens is 3. The fraction of sp³-hybridized carbons (Fsp3) is 0.0800. The molecule has 34 heavy (non-hydrogen) atoms. The second-order valence-electron chi connectivity index (χ2n) is 7.54. The van der Waals surface area contributed by atoms with Gasteiger partial charge in [0.05, 0.1) is 16.3 Å². The molecule has 0 aliphatic carbocycles. The topological polar surface area (TPSA) is 75.7 Å². The molecule has 1 aliphatic heterocycles. The van der Waals surface area contributed by atoms with Crippen LogP contribution in [-0.4, -0.2) is 17.8 Å². The number of para-hydroxylation sites is 1. The van der Waals surface area contributed by atoms with Crippen LogP contribution in [0.4, 0.5) is 11.4 Å². The van der Waals surface area contributed by atoms with Crippen molar-refractivity contribution in [2.45, 2.75) is 13.8 Å². The van der Waals surface area contributed by atoms with Gasteiger partial charge < -0.3 is 10.1 Å². The van der Waals surface area contributed by atoms with Crippen LogP contribution in [0.25, 0.3) is 0 Å². The molecule has 0 fully saturated rings. The van der Waals surface area contributed by atoms with Gasteiger partial charge in [-0.05, 0) is 67.4 Å². The van der Waals surface area contributed by atoms with E-state index in [1.54, 1.807) is 24.3 Å². The van der Waals surface area contributed by atoms with Crippen LogP contribution in [0.15, 0.2) is 71.4 Å². The Hall–Kier alpha value is -3.32. The highest BCUT2D eigenvalue weighted by Gasteiger charge is 2.39. The number of carbonyl (C=O) groups excluding carboxylic acids is 3. The molecule has 3 aromatic rings. The van der Waals surface area contributed by atoms with Gasteiger partial charge in [0.15, 0.2) is 0 Å². The molecule has 9 heteroatoms. The molecule has 0 spiro atoms. The Bertz CT molecular complexity index is 1350. The number of nitrogens with zero attached hydrogens (tertiary/aromatic N) is 1. The first-order valence-corrected chi connectivity index (χ1v) is 11.2. The summed E-state index contributed by atoms with van der Waals surface area (Å²) in [5, 5.41) is 3.06. The predicted molar refractivity (Wildman–Crippen MR) is 133 cm³/mol. The zero-order chi connectivity index (χ0) is 24.6. The molecule has 2 amide bonds. The van der Waals surface area contributed by atoms with Crippen LogP contribution in [0.2, 0.25) is 10.0 Å². The normalized spacial score (nSPS) is 13.5. The first-order chi connectivity index (χ1) is 16.2. The number of rotatable bonds is 5. The molecule has 172 valence electrons. The minimum Gasteiger partial charge on any atom is -0.422 e. The standard InChI is InChI=1S/C25H17Cl3N2O4/c1-13-4-3-5-14(2)22(13)34-25(33)15-6-9-17(10-7-15)29-21-20(28)23(31)30(24(21)32)19-11-8-16(26)12-18(19)27/h3-12,29H,1-2H3. The number of anilines is 2. The molecule has 0 radical (unpaired) electrons. The maximum Gasteiger partial charge on any atom is 0.343 e. The number of esters is 1. The van der Waals surface area contributed by atoms with Crippen LogP contribution in [0.3, 0.4) is 0 Å². The zero-order valence-corrected chi connectivity index (χ0v) is 20.3. The molecule has 6 nitrogen and oxygen atoms in total. The highest BCUT2D eigenvalue weighted by Crippen LogP contribution is 2.35. The van der Waals surface area contributed by atoms with E-state index in [1.807, 2.05) is 32.0 Å². The minimum absolute atomic E-state index is 0.108. The van der Waals surface area contributed by atoms with Gasteiger partial charge in [-0.2, -0.15) is 0 Å². The van der Waals surface area contributed by atoms with E-state index in [0.29, 0.717) is 22.0 Å². The summed E-state index contributed by atoms with van der Waals surface area (Å²) in [5.74, 6) is -1.38. The predicted octanol–water partition coefficient (Wildman–Crippen LogP) is 6.27. The number of hydrogen-bond donors (Lipinski definition) is 1. The molecule has 0 saturated carbocycles. The van der Waals surface area contributed by atoms with Gasteiger partial charge in [0, 0.05) is 10.7 Å². The first-order valence-electron chi connectivity index (χ1n) is 10.1. The van der Waals surface area contributed by atoms with Crippen LogP contribution in [-0.2, 0) is 9.59 Å². The molecule has 1 aliphatic rings. The van der Waals surface area contributed by atoms with Gasteiger partial charge in [-0.25, -0.2) is 9.69 Å². The SMILES string of the molecule is Cc1cccc(C)c1OC(=O)c1ccc(NC2=C(Cl)C(=O)N(c3ccc(Cl)cc3Cl)C2=O)cc1. The van der Waals surface area contributed by atoms with Crippen molar-refractivity contribution in [2.24, 2.45) is 0 Å². The van der Waals surface area contributed by atoms with E-state index in [4.69, 9.17) is 39.5 Å². The van der Waals surface area contributed by atoms with Crippen LogP contribution in [0.1, 0.15) is 21.5 Å². The summed E-state index contributed by atoms with van der Waals surface area (Å²) < 4.78 is 5.55. The molecule has 4 rings (SSSR count). The van der Waals surface area contributed by atoms with Gasteiger partial charge in [0.2, 0.25) is 0 Å². The largest absolute Gasteiger partial charge is 0.422 e. The third-order valence-corrected chi connectivity index (χ3v) is 6.06. The van der Waals surface area contributed by atoms with Crippen molar-refractivity contribution in [3.8, 4) is 5.75 Å². The average molecular weight is 516 g/mol. The van der Waals surface area contributed by atoms with Gasteiger partial charge in [-0.15, -0.1) is 0 Å². The number of carbonyl (C=O) groups is 3. The fourth-order valence-corrected chi connectivity index (χ4v) is 4.14. The molecular formula is C25H17Cl3N2O4. The summed E-state index contributed by atoms with van der Waals surface area (Å²) in [6.07, 6.45) is 0. The number of aryl methyl sites for hydroxylation is 2. The van der Waals surface area contributed by atoms with Gasteiger partial charge in [0.1, 0.15) is 16.5 Å². The van der Waals surface area contributed by atoms with E-state index in [1.165, 1.54) is 18.2 Å². The fourth-order valence-electron chi connectivity index (χ4n) is 3.44. The molecule has 0 atom stereocenters. The van der Waals surface area contributed by atoms with Gasteiger partial charge in [-0.1, -0.05) is 53.0 Å². The van der Waals surface area contributed by atoms with E-state index in [9.17, 15) is 14.4 Å². The molecular weight excluding hydrogens is 499 g/mol. The molecule has 0 saturated heterocycles. The third kappa shape index (κ3) is 4.53. The summed E-state index contributed by atoms with van der Waals surface area (Å²) in [4.78, 5) is 39.0. The lowest BCUT2D eigenvalue weighted by Crippen LogP contribution is -2.32. The highest BCUT2D eigenvalue weighted by atomic mass is 35.5. The van der Waals surface area contributed by atoms with Crippen LogP contribution >= 0.6 is 34.8 Å². The molecule has 1 N–H and O–H groups in total. The smallest absolute Gasteiger partial charge is 0.343 e. The van der Waals surface area contributed by atoms with E-state index in [-0.39, 0.29) is 21.4 Å². The van der Waals surface area contributed by atoms with Crippen molar-refractivity contribution < 1.29 is 19.1 Å². The highest BCUT2D eigenvalue weighted by molar-refractivity contribution is 6.53. The van der Waals surface area contributed by atoms with Crippen molar-refractivity contribution in [3.63, 3.8) is 0 Å². The second kappa shape index (κ2) is 9.50. The Morgan fingerprint density at radius 3 is 2.15 bits per heavy atom. The summed E-state index contributed by atoms with van der Waals surface area (Å²) in [6, 6.07) is 16.3. The second-order valence-corrected chi connectivity index (χ2v) is 8.76. The number of nitrogens with one attached hydrogen (secondary N) is 1. The lowest BCUT2D eigenvalue weighted by Gasteiger charge is -2.16. The molecule has 1 heterocycles. The summed E-state index contributed by atoms with van der Waals surface area (Å²) >= 11 is 18.2. The van der Waals surface area contributed by atoms with Crippen molar-refractivity contribution in [3.05, 3.63) is 98.1 Å². The summed E-state index contributed by atoms with van der Waals surface area (Å²) in [5.41, 5.74) is 2.52. The summed E-state index contributed by atoms with van der Waals surface area (Å²) in [6.45, 7) is 3.72. The first kappa shape index (κ1) is 23.8. The lowest BCUT2D eigenvalue weighted by molar-refractivity contribution is -0.120. The zero-order valence-electron chi connectivity index (χ0n) is 18.0. The number of benzene rings is 3. The average Bonchev–Trinajstić information content (AvgIpc) is 3.00. The third-order valence-electron chi connectivity index (χ3n) is 5.17. The Balaban J connectivity index is 1.51. The molecule has 0 bridgehead atoms. The molecule has 0 aromatic heterocycles. The number of ether oxygens (including phenoxy) is 1. The number of imide groups is 1. The van der Waals surface area contributed by atoms with Crippen LogP contribution in [0.5, 0.6) is 5.75 Å². The van der Waals surface area contributed by atoms with E-state index in [2.05, 4.69) is 5.32 Å². The van der Waals surface area contributed by atoms with Crippen molar-refractivity contribution in [1.82, 2.24) is 0 Å². The molecule has 0 unspecified atom stereocenters. The van der Waals surface area contributed by atoms with Gasteiger partial charge in [-0.3, -0.25) is 9.59 Å². The molecule has 3 aromatic carbocycles. The summed E-state index contributed by atoms with van der Waals surface area (Å²) in [7, 11) is 0. The maximum absolute atomic E-state index is 12.9. The van der Waals surface area contributed by atoms with E-state index in [0.717, 1.165) is 16.0 Å².